The van der Waals surface area contributed by atoms with Crippen LogP contribution in [-0.4, -0.2) is 14.5 Å². The van der Waals surface area contributed by atoms with E-state index in [0.717, 1.165) is 44.9 Å². The first kappa shape index (κ1) is 27.0. The molecule has 3 nitrogen and oxygen atoms in total. The molecule has 3 heteroatoms. The topological polar surface area (TPSA) is 30.7 Å². The van der Waals surface area contributed by atoms with E-state index in [2.05, 4.69) is 168 Å². The summed E-state index contributed by atoms with van der Waals surface area (Å²) in [6.45, 7) is 0. The quantitative estimate of drug-likeness (QED) is 0.184. The Kier molecular flexibility index (Phi) is 6.46. The fraction of sp³-hybridized carbons (Fsp3) is 0. The Morgan fingerprint density at radius 2 is 1.02 bits per heavy atom. The van der Waals surface area contributed by atoms with E-state index in [4.69, 9.17) is 9.97 Å². The molecule has 2 heterocycles. The SMILES string of the molecule is c1ccc(-n2c(-c3cccc(-c4c5ccccc5c(-c5ccccc5-c5ccccn5)c5ccccc45)c3)nc3ccccc32)cc1. The largest absolute Gasteiger partial charge is 0.292 e. The van der Waals surface area contributed by atoms with Gasteiger partial charge in [0, 0.05) is 23.0 Å². The summed E-state index contributed by atoms with van der Waals surface area (Å²) in [6.07, 6.45) is 1.87. The molecule has 7 aromatic carbocycles. The lowest BCUT2D eigenvalue weighted by Crippen LogP contribution is -1.97. The van der Waals surface area contributed by atoms with Gasteiger partial charge in [0.25, 0.3) is 0 Å². The number of hydrogen-bond acceptors (Lipinski definition) is 2. The molecule has 0 atom stereocenters. The molecular weight excluding hydrogens is 571 g/mol. The lowest BCUT2D eigenvalue weighted by atomic mass is 9.84. The molecule has 220 valence electrons. The van der Waals surface area contributed by atoms with Crippen molar-refractivity contribution in [3.05, 3.63) is 176 Å². The van der Waals surface area contributed by atoms with Crippen LogP contribution in [-0.2, 0) is 0 Å². The Balaban J connectivity index is 1.31. The van der Waals surface area contributed by atoms with Gasteiger partial charge in [0.2, 0.25) is 0 Å². The van der Waals surface area contributed by atoms with Crippen LogP contribution in [0.25, 0.3) is 83.2 Å². The second kappa shape index (κ2) is 11.2. The number of para-hydroxylation sites is 3. The van der Waals surface area contributed by atoms with Gasteiger partial charge in [-0.2, -0.15) is 0 Å². The number of nitrogens with zero attached hydrogens (tertiary/aromatic N) is 3. The van der Waals surface area contributed by atoms with Crippen molar-refractivity contribution in [2.45, 2.75) is 0 Å². The highest BCUT2D eigenvalue weighted by Gasteiger charge is 2.20. The van der Waals surface area contributed by atoms with Gasteiger partial charge < -0.3 is 0 Å². The van der Waals surface area contributed by atoms with E-state index in [9.17, 15) is 0 Å². The summed E-state index contributed by atoms with van der Waals surface area (Å²) in [5.41, 5.74) is 11.1. The van der Waals surface area contributed by atoms with Crippen molar-refractivity contribution >= 4 is 32.6 Å². The fourth-order valence-electron chi connectivity index (χ4n) is 7.05. The lowest BCUT2D eigenvalue weighted by molar-refractivity contribution is 1.10. The van der Waals surface area contributed by atoms with Gasteiger partial charge >= 0.3 is 0 Å². The second-order valence-electron chi connectivity index (χ2n) is 11.8. The predicted octanol–water partition coefficient (Wildman–Crippen LogP) is 11.4. The molecule has 0 saturated heterocycles. The van der Waals surface area contributed by atoms with Gasteiger partial charge in [0.05, 0.1) is 16.7 Å². The van der Waals surface area contributed by atoms with Crippen molar-refractivity contribution in [2.75, 3.05) is 0 Å². The van der Waals surface area contributed by atoms with Crippen molar-refractivity contribution in [1.29, 1.82) is 0 Å². The van der Waals surface area contributed by atoms with E-state index in [-0.39, 0.29) is 0 Å². The lowest BCUT2D eigenvalue weighted by Gasteiger charge is -2.19. The molecule has 9 rings (SSSR count). The average molecular weight is 600 g/mol. The molecular formula is C44H29N3. The zero-order chi connectivity index (χ0) is 31.2. The monoisotopic (exact) mass is 599 g/mol. The fourth-order valence-corrected chi connectivity index (χ4v) is 7.05. The van der Waals surface area contributed by atoms with Gasteiger partial charge in [-0.1, -0.05) is 127 Å². The van der Waals surface area contributed by atoms with Gasteiger partial charge in [0.15, 0.2) is 0 Å². The third-order valence-corrected chi connectivity index (χ3v) is 9.05. The summed E-state index contributed by atoms with van der Waals surface area (Å²) in [7, 11) is 0. The van der Waals surface area contributed by atoms with E-state index in [1.54, 1.807) is 0 Å². The van der Waals surface area contributed by atoms with Crippen LogP contribution in [0.15, 0.2) is 176 Å². The molecule has 0 amide bonds. The normalized spacial score (nSPS) is 11.4. The first-order valence-electron chi connectivity index (χ1n) is 15.9. The van der Waals surface area contributed by atoms with Gasteiger partial charge in [-0.25, -0.2) is 4.98 Å². The van der Waals surface area contributed by atoms with Crippen molar-refractivity contribution in [3.8, 4) is 50.6 Å². The van der Waals surface area contributed by atoms with Crippen LogP contribution in [0, 0.1) is 0 Å². The minimum Gasteiger partial charge on any atom is -0.292 e. The number of fused-ring (bicyclic) bond motifs is 3. The third kappa shape index (κ3) is 4.52. The van der Waals surface area contributed by atoms with Crippen LogP contribution in [0.2, 0.25) is 0 Å². The highest BCUT2D eigenvalue weighted by molar-refractivity contribution is 6.22. The molecule has 9 aromatic rings. The van der Waals surface area contributed by atoms with E-state index < -0.39 is 0 Å². The molecule has 0 radical (unpaired) electrons. The van der Waals surface area contributed by atoms with E-state index in [1.165, 1.54) is 38.2 Å². The number of benzene rings is 7. The molecule has 0 unspecified atom stereocenters. The van der Waals surface area contributed by atoms with Gasteiger partial charge in [-0.3, -0.25) is 9.55 Å². The maximum absolute atomic E-state index is 5.17. The summed E-state index contributed by atoms with van der Waals surface area (Å²) in [6, 6.07) is 60.1. The summed E-state index contributed by atoms with van der Waals surface area (Å²) >= 11 is 0. The second-order valence-corrected chi connectivity index (χ2v) is 11.8. The zero-order valence-corrected chi connectivity index (χ0v) is 25.6. The Morgan fingerprint density at radius 3 is 1.74 bits per heavy atom. The number of pyridine rings is 1. The minimum atomic E-state index is 0.925. The maximum Gasteiger partial charge on any atom is 0.145 e. The highest BCUT2D eigenvalue weighted by Crippen LogP contribution is 2.46. The van der Waals surface area contributed by atoms with E-state index in [1.807, 2.05) is 12.3 Å². The van der Waals surface area contributed by atoms with Crippen molar-refractivity contribution in [2.24, 2.45) is 0 Å². The van der Waals surface area contributed by atoms with Crippen LogP contribution >= 0.6 is 0 Å². The van der Waals surface area contributed by atoms with Crippen LogP contribution < -0.4 is 0 Å². The average Bonchev–Trinajstić information content (AvgIpc) is 3.54. The number of rotatable bonds is 5. The number of aromatic nitrogens is 3. The molecule has 47 heavy (non-hydrogen) atoms. The third-order valence-electron chi connectivity index (χ3n) is 9.05. The first-order chi connectivity index (χ1) is 23.3. The first-order valence-corrected chi connectivity index (χ1v) is 15.9. The maximum atomic E-state index is 5.17. The molecule has 2 aromatic heterocycles. The minimum absolute atomic E-state index is 0.925. The Hall–Kier alpha value is -6.32. The number of hydrogen-bond donors (Lipinski definition) is 0. The molecule has 0 fully saturated rings. The molecule has 0 bridgehead atoms. The van der Waals surface area contributed by atoms with Crippen molar-refractivity contribution in [1.82, 2.24) is 14.5 Å². The van der Waals surface area contributed by atoms with Gasteiger partial charge in [-0.15, -0.1) is 0 Å². The Bertz CT molecular complexity index is 2510. The van der Waals surface area contributed by atoms with Gasteiger partial charge in [0.1, 0.15) is 5.82 Å². The summed E-state index contributed by atoms with van der Waals surface area (Å²) in [5.74, 6) is 0.925. The molecule has 0 aliphatic carbocycles. The Morgan fingerprint density at radius 1 is 0.426 bits per heavy atom. The highest BCUT2D eigenvalue weighted by atomic mass is 15.1. The molecule has 0 N–H and O–H groups in total. The summed E-state index contributed by atoms with van der Waals surface area (Å²) in [4.78, 5) is 9.90. The Labute approximate surface area is 273 Å². The van der Waals surface area contributed by atoms with Gasteiger partial charge in [-0.05, 0) is 86.3 Å². The number of imidazole rings is 1. The molecule has 0 aliphatic rings. The predicted molar refractivity (Wildman–Crippen MR) is 196 cm³/mol. The van der Waals surface area contributed by atoms with Crippen molar-refractivity contribution in [3.63, 3.8) is 0 Å². The molecule has 0 spiro atoms. The van der Waals surface area contributed by atoms with Crippen molar-refractivity contribution < 1.29 is 0 Å². The van der Waals surface area contributed by atoms with Crippen LogP contribution in [0.3, 0.4) is 0 Å². The van der Waals surface area contributed by atoms with E-state index in [0.29, 0.717) is 0 Å². The van der Waals surface area contributed by atoms with Crippen LogP contribution in [0.4, 0.5) is 0 Å². The zero-order valence-electron chi connectivity index (χ0n) is 25.6. The van der Waals surface area contributed by atoms with Crippen LogP contribution in [0.5, 0.6) is 0 Å². The molecule has 0 aliphatic heterocycles. The smallest absolute Gasteiger partial charge is 0.145 e. The van der Waals surface area contributed by atoms with E-state index >= 15 is 0 Å². The summed E-state index contributed by atoms with van der Waals surface area (Å²) < 4.78 is 2.27. The standard InChI is InChI=1S/C44H29N3/c1-2-17-32(18-3-1)47-41-27-11-10-26-40(41)46-44(47)31-16-14-15-30(29-31)42-35-21-6-8-23-37(35)43(38-24-9-7-22-36(38)42)34-20-5-4-19-33(34)39-25-12-13-28-45-39/h1-29H. The summed E-state index contributed by atoms with van der Waals surface area (Å²) in [5, 5.41) is 4.86. The van der Waals surface area contributed by atoms with Crippen LogP contribution in [0.1, 0.15) is 0 Å². The molecule has 0 saturated carbocycles.